The smallest absolute Gasteiger partial charge is 0.252 e. The monoisotopic (exact) mass is 1040 g/mol. The summed E-state index contributed by atoms with van der Waals surface area (Å²) in [5.74, 6) is 1.50. The molecule has 0 atom stereocenters. The number of nitrogens with zero attached hydrogens (tertiary/aromatic N) is 3. The largest absolute Gasteiger partial charge is 0.454 e. The van der Waals surface area contributed by atoms with Crippen LogP contribution >= 0.6 is 0 Å². The number of benzene rings is 10. The van der Waals surface area contributed by atoms with Gasteiger partial charge >= 0.3 is 0 Å². The van der Waals surface area contributed by atoms with Gasteiger partial charge < -0.3 is 24.2 Å². The van der Waals surface area contributed by atoms with Crippen molar-refractivity contribution in [3.05, 3.63) is 241 Å². The van der Waals surface area contributed by atoms with Gasteiger partial charge in [0, 0.05) is 57.1 Å². The predicted octanol–water partition coefficient (Wildman–Crippen LogP) is 18.2. The molecule has 10 aromatic carbocycles. The van der Waals surface area contributed by atoms with Crippen LogP contribution in [0.15, 0.2) is 218 Å². The number of ether oxygens (including phenoxy) is 2. The molecule has 3 aliphatic heterocycles. The summed E-state index contributed by atoms with van der Waals surface area (Å²) in [5, 5.41) is 0. The van der Waals surface area contributed by atoms with Crippen LogP contribution in [-0.2, 0) is 16.2 Å². The first kappa shape index (κ1) is 50.7. The fourth-order valence-corrected chi connectivity index (χ4v) is 12.2. The van der Waals surface area contributed by atoms with E-state index in [1.807, 2.05) is 0 Å². The van der Waals surface area contributed by atoms with E-state index < -0.39 is 0 Å². The molecule has 3 heterocycles. The van der Waals surface area contributed by atoms with Gasteiger partial charge in [-0.05, 0) is 168 Å². The van der Waals surface area contributed by atoms with Gasteiger partial charge in [-0.25, -0.2) is 0 Å². The molecular weight excluding hydrogens is 974 g/mol. The maximum atomic E-state index is 6.26. The van der Waals surface area contributed by atoms with Gasteiger partial charge in [0.15, 0.2) is 11.5 Å². The third-order valence-corrected chi connectivity index (χ3v) is 16.5. The maximum absolute atomic E-state index is 6.26. The summed E-state index contributed by atoms with van der Waals surface area (Å²) in [6.45, 7) is 23.0. The van der Waals surface area contributed by atoms with E-state index in [2.05, 4.69) is 302 Å². The maximum Gasteiger partial charge on any atom is 0.252 e. The highest BCUT2D eigenvalue weighted by Gasteiger charge is 2.45. The summed E-state index contributed by atoms with van der Waals surface area (Å²) in [6, 6.07) is 81.7. The highest BCUT2D eigenvalue weighted by Crippen LogP contribution is 2.52. The van der Waals surface area contributed by atoms with Gasteiger partial charge in [-0.3, -0.25) is 0 Å². The van der Waals surface area contributed by atoms with E-state index in [9.17, 15) is 0 Å². The fraction of sp³-hybridized carbons (Fsp3) is 0.189. The summed E-state index contributed by atoms with van der Waals surface area (Å²) in [5.41, 5.74) is 25.5. The average Bonchev–Trinajstić information content (AvgIpc) is 2.96. The van der Waals surface area contributed by atoms with Crippen LogP contribution in [0.1, 0.15) is 84.6 Å². The van der Waals surface area contributed by atoms with Crippen molar-refractivity contribution < 1.29 is 9.47 Å². The Balaban J connectivity index is 1.13. The van der Waals surface area contributed by atoms with E-state index in [0.717, 1.165) is 90.5 Å². The molecule has 3 aliphatic rings. The molecule has 80 heavy (non-hydrogen) atoms. The Kier molecular flexibility index (Phi) is 12.2. The van der Waals surface area contributed by atoms with Crippen LogP contribution < -0.4 is 40.6 Å². The molecule has 0 bridgehead atoms. The number of aryl methyl sites for hydroxylation is 1. The topological polar surface area (TPSA) is 28.2 Å². The molecule has 0 aliphatic carbocycles. The molecule has 0 spiro atoms. The molecule has 0 unspecified atom stereocenters. The van der Waals surface area contributed by atoms with Crippen molar-refractivity contribution in [2.45, 2.75) is 85.5 Å². The number of para-hydroxylation sites is 2. The average molecular weight is 1040 g/mol. The van der Waals surface area contributed by atoms with Crippen molar-refractivity contribution >= 4 is 74.3 Å². The van der Waals surface area contributed by atoms with Gasteiger partial charge in [-0.15, -0.1) is 0 Å². The number of hydrogen-bond donors (Lipinski definition) is 0. The van der Waals surface area contributed by atoms with Gasteiger partial charge in [0.2, 0.25) is 6.79 Å². The van der Waals surface area contributed by atoms with Crippen LogP contribution in [0.25, 0.3) is 33.4 Å². The second-order valence-electron chi connectivity index (χ2n) is 25.1. The van der Waals surface area contributed by atoms with Crippen molar-refractivity contribution in [1.82, 2.24) is 0 Å². The first-order chi connectivity index (χ1) is 38.5. The van der Waals surface area contributed by atoms with E-state index in [1.54, 1.807) is 0 Å². The SMILES string of the molecule is Cc1cc2c3c(c1)N(c1cc4c(cc1-c1ccccc1)OCO4)c1ccc(C(C)(C)C)cc1B3c1ccc(N(c3ccccc3)c3ccccc3)cc1N2c1cc(-c2ccc(C(C)(C)C)cc2)cc(-c2ccc(C(C)(C)C)cc2)c1. The van der Waals surface area contributed by atoms with Crippen molar-refractivity contribution in [2.24, 2.45) is 0 Å². The van der Waals surface area contributed by atoms with Crippen LogP contribution in [0.2, 0.25) is 0 Å². The van der Waals surface area contributed by atoms with Crippen molar-refractivity contribution in [3.63, 3.8) is 0 Å². The molecule has 10 aromatic rings. The number of rotatable bonds is 8. The zero-order chi connectivity index (χ0) is 55.2. The lowest BCUT2D eigenvalue weighted by Crippen LogP contribution is -2.61. The molecule has 0 fully saturated rings. The molecule has 0 saturated heterocycles. The Labute approximate surface area is 473 Å². The van der Waals surface area contributed by atoms with E-state index in [1.165, 1.54) is 44.2 Å². The molecule has 0 N–H and O–H groups in total. The minimum absolute atomic E-state index is 0.0202. The third-order valence-electron chi connectivity index (χ3n) is 16.5. The van der Waals surface area contributed by atoms with Crippen LogP contribution in [0.3, 0.4) is 0 Å². The van der Waals surface area contributed by atoms with E-state index in [4.69, 9.17) is 9.47 Å². The van der Waals surface area contributed by atoms with Crippen molar-refractivity contribution in [3.8, 4) is 44.9 Å². The Morgan fingerprint density at radius 3 is 1.44 bits per heavy atom. The Bertz CT molecular complexity index is 3870. The van der Waals surface area contributed by atoms with Gasteiger partial charge in [0.1, 0.15) is 0 Å². The molecule has 0 aromatic heterocycles. The Morgan fingerprint density at radius 2 is 0.887 bits per heavy atom. The van der Waals surface area contributed by atoms with Crippen LogP contribution in [-0.4, -0.2) is 13.5 Å². The molecule has 394 valence electrons. The van der Waals surface area contributed by atoms with Gasteiger partial charge in [0.05, 0.1) is 5.69 Å². The Morgan fingerprint density at radius 1 is 0.375 bits per heavy atom. The predicted molar refractivity (Wildman–Crippen MR) is 338 cm³/mol. The standard InChI is InChI=1S/C74H68BN3O2/c1-48-38-67-71-68(39-48)78(65-46-70-69(79-47-80-70)45-61(65)51-20-14-11-15-21-51)64-37-34-56(74(8,9)10)43-63(64)75(71)62-36-35-59(76(57-22-16-12-17-23-57)58-24-18-13-19-25-58)44-66(62)77(67)60-41-52(49-26-30-54(31-27-49)72(2,3)4)40-53(42-60)50-28-32-55(33-29-50)73(5,6)7/h11-46H,47H2,1-10H3. The van der Waals surface area contributed by atoms with E-state index >= 15 is 0 Å². The van der Waals surface area contributed by atoms with E-state index in [-0.39, 0.29) is 29.8 Å². The van der Waals surface area contributed by atoms with Crippen molar-refractivity contribution in [2.75, 3.05) is 21.5 Å². The lowest BCUT2D eigenvalue weighted by atomic mass is 9.33. The molecule has 0 amide bonds. The minimum atomic E-state index is -0.122. The highest BCUT2D eigenvalue weighted by atomic mass is 16.7. The summed E-state index contributed by atoms with van der Waals surface area (Å²) in [4.78, 5) is 7.50. The second kappa shape index (κ2) is 19.3. The quantitative estimate of drug-likeness (QED) is 0.141. The molecule has 6 heteroatoms. The zero-order valence-electron chi connectivity index (χ0n) is 47.7. The fourth-order valence-electron chi connectivity index (χ4n) is 12.2. The summed E-state index contributed by atoms with van der Waals surface area (Å²) < 4.78 is 12.4. The third kappa shape index (κ3) is 9.01. The summed E-state index contributed by atoms with van der Waals surface area (Å²) in [6.07, 6.45) is 0. The van der Waals surface area contributed by atoms with Gasteiger partial charge in [-0.1, -0.05) is 196 Å². The number of hydrogen-bond acceptors (Lipinski definition) is 5. The van der Waals surface area contributed by atoms with Crippen LogP contribution in [0.4, 0.5) is 51.2 Å². The number of fused-ring (bicyclic) bond motifs is 5. The Hall–Kier alpha value is -8.74. The lowest BCUT2D eigenvalue weighted by Gasteiger charge is -2.45. The minimum Gasteiger partial charge on any atom is -0.454 e. The normalized spacial score (nSPS) is 13.4. The summed E-state index contributed by atoms with van der Waals surface area (Å²) >= 11 is 0. The molecule has 5 nitrogen and oxygen atoms in total. The molecular formula is C74H68BN3O2. The molecule has 13 rings (SSSR count). The molecule has 0 saturated carbocycles. The van der Waals surface area contributed by atoms with Crippen LogP contribution in [0, 0.1) is 6.92 Å². The van der Waals surface area contributed by atoms with Crippen LogP contribution in [0.5, 0.6) is 11.5 Å². The van der Waals surface area contributed by atoms with Gasteiger partial charge in [0.25, 0.3) is 6.71 Å². The van der Waals surface area contributed by atoms with Crippen molar-refractivity contribution in [1.29, 1.82) is 0 Å². The van der Waals surface area contributed by atoms with Gasteiger partial charge in [-0.2, -0.15) is 0 Å². The first-order valence-corrected chi connectivity index (χ1v) is 28.3. The number of anilines is 9. The molecule has 0 radical (unpaired) electrons. The second-order valence-corrected chi connectivity index (χ2v) is 25.1. The zero-order valence-corrected chi connectivity index (χ0v) is 47.7. The first-order valence-electron chi connectivity index (χ1n) is 28.3. The lowest BCUT2D eigenvalue weighted by molar-refractivity contribution is 0.174. The van der Waals surface area contributed by atoms with E-state index in [0.29, 0.717) is 0 Å². The summed E-state index contributed by atoms with van der Waals surface area (Å²) in [7, 11) is 0. The highest BCUT2D eigenvalue weighted by molar-refractivity contribution is 7.00.